The van der Waals surface area contributed by atoms with Crippen LogP contribution in [0.2, 0.25) is 0 Å². The molecule has 2 aromatic rings. The molecule has 146 valence electrons. The largest absolute Gasteiger partial charge is 0.342 e. The van der Waals surface area contributed by atoms with Crippen molar-refractivity contribution in [3.05, 3.63) is 66.0 Å². The standard InChI is InChI=1S/C23H27N3O2/c27-21-9-10-23(18-26(21)17-20-8-4-5-13-24-20)11-14-25(15-12-23)22(28)16-19-6-2-1-3-7-19/h1-8,13H,9-12,14-18H2. The summed E-state index contributed by atoms with van der Waals surface area (Å²) in [5, 5.41) is 0. The summed E-state index contributed by atoms with van der Waals surface area (Å²) in [4.78, 5) is 33.4. The van der Waals surface area contributed by atoms with Gasteiger partial charge in [-0.2, -0.15) is 0 Å². The van der Waals surface area contributed by atoms with E-state index in [-0.39, 0.29) is 17.2 Å². The molecular formula is C23H27N3O2. The number of benzene rings is 1. The van der Waals surface area contributed by atoms with E-state index in [0.717, 1.165) is 50.2 Å². The van der Waals surface area contributed by atoms with Gasteiger partial charge in [0, 0.05) is 32.3 Å². The van der Waals surface area contributed by atoms with E-state index in [0.29, 0.717) is 19.4 Å². The third kappa shape index (κ3) is 4.24. The highest BCUT2D eigenvalue weighted by Gasteiger charge is 2.41. The number of piperidine rings is 2. The number of nitrogens with zero attached hydrogens (tertiary/aromatic N) is 3. The van der Waals surface area contributed by atoms with Gasteiger partial charge in [0.1, 0.15) is 0 Å². The van der Waals surface area contributed by atoms with Crippen molar-refractivity contribution in [3.63, 3.8) is 0 Å². The van der Waals surface area contributed by atoms with Crippen molar-refractivity contribution in [2.45, 2.75) is 38.6 Å². The summed E-state index contributed by atoms with van der Waals surface area (Å²) in [6.45, 7) is 2.94. The zero-order valence-corrected chi connectivity index (χ0v) is 16.2. The first-order chi connectivity index (χ1) is 13.6. The summed E-state index contributed by atoms with van der Waals surface area (Å²) >= 11 is 0. The van der Waals surface area contributed by atoms with E-state index in [2.05, 4.69) is 4.98 Å². The lowest BCUT2D eigenvalue weighted by molar-refractivity contribution is -0.143. The Balaban J connectivity index is 1.35. The minimum Gasteiger partial charge on any atom is -0.342 e. The molecule has 0 unspecified atom stereocenters. The molecule has 1 aromatic heterocycles. The van der Waals surface area contributed by atoms with E-state index in [9.17, 15) is 9.59 Å². The Morgan fingerprint density at radius 1 is 1.00 bits per heavy atom. The van der Waals surface area contributed by atoms with Crippen LogP contribution in [0.5, 0.6) is 0 Å². The van der Waals surface area contributed by atoms with Crippen molar-refractivity contribution in [1.29, 1.82) is 0 Å². The molecule has 3 heterocycles. The highest BCUT2D eigenvalue weighted by Crippen LogP contribution is 2.40. The zero-order valence-electron chi connectivity index (χ0n) is 16.2. The lowest BCUT2D eigenvalue weighted by Crippen LogP contribution is -2.52. The van der Waals surface area contributed by atoms with Gasteiger partial charge in [0.25, 0.3) is 0 Å². The van der Waals surface area contributed by atoms with Crippen LogP contribution in [0.25, 0.3) is 0 Å². The molecule has 2 fully saturated rings. The van der Waals surface area contributed by atoms with Gasteiger partial charge in [-0.05, 0) is 42.4 Å². The molecule has 0 N–H and O–H groups in total. The smallest absolute Gasteiger partial charge is 0.226 e. The fraction of sp³-hybridized carbons (Fsp3) is 0.435. The van der Waals surface area contributed by atoms with Crippen molar-refractivity contribution in [3.8, 4) is 0 Å². The van der Waals surface area contributed by atoms with Gasteiger partial charge >= 0.3 is 0 Å². The van der Waals surface area contributed by atoms with Gasteiger partial charge in [-0.1, -0.05) is 36.4 Å². The first-order valence-electron chi connectivity index (χ1n) is 10.1. The fourth-order valence-electron chi connectivity index (χ4n) is 4.45. The number of carbonyl (C=O) groups excluding carboxylic acids is 2. The third-order valence-corrected chi connectivity index (χ3v) is 6.20. The minimum atomic E-state index is 0.145. The van der Waals surface area contributed by atoms with Crippen LogP contribution >= 0.6 is 0 Å². The van der Waals surface area contributed by atoms with Gasteiger partial charge in [0.05, 0.1) is 18.7 Å². The highest BCUT2D eigenvalue weighted by atomic mass is 16.2. The van der Waals surface area contributed by atoms with Crippen LogP contribution < -0.4 is 0 Å². The number of aromatic nitrogens is 1. The molecule has 2 aliphatic heterocycles. The van der Waals surface area contributed by atoms with Gasteiger partial charge in [-0.3, -0.25) is 14.6 Å². The van der Waals surface area contributed by atoms with Crippen molar-refractivity contribution in [2.75, 3.05) is 19.6 Å². The Hall–Kier alpha value is -2.69. The summed E-state index contributed by atoms with van der Waals surface area (Å²) < 4.78 is 0. The maximum atomic E-state index is 12.6. The van der Waals surface area contributed by atoms with Crippen LogP contribution in [0, 0.1) is 5.41 Å². The minimum absolute atomic E-state index is 0.145. The maximum absolute atomic E-state index is 12.6. The number of hydrogen-bond acceptors (Lipinski definition) is 3. The Labute approximate surface area is 166 Å². The monoisotopic (exact) mass is 377 g/mol. The van der Waals surface area contributed by atoms with E-state index < -0.39 is 0 Å². The SMILES string of the molecule is O=C(Cc1ccccc1)N1CCC2(CCC(=O)N(Cc3ccccn3)C2)CC1. The van der Waals surface area contributed by atoms with E-state index in [1.54, 1.807) is 6.20 Å². The van der Waals surface area contributed by atoms with Crippen molar-refractivity contribution in [1.82, 2.24) is 14.8 Å². The van der Waals surface area contributed by atoms with Crippen LogP contribution in [0.3, 0.4) is 0 Å². The molecule has 0 radical (unpaired) electrons. The van der Waals surface area contributed by atoms with Crippen molar-refractivity contribution in [2.24, 2.45) is 5.41 Å². The molecule has 5 heteroatoms. The molecule has 4 rings (SSSR count). The molecule has 0 atom stereocenters. The molecule has 0 saturated carbocycles. The molecule has 2 aliphatic rings. The van der Waals surface area contributed by atoms with E-state index in [1.807, 2.05) is 58.3 Å². The Kier molecular flexibility index (Phi) is 5.42. The summed E-state index contributed by atoms with van der Waals surface area (Å²) in [5.41, 5.74) is 2.15. The summed E-state index contributed by atoms with van der Waals surface area (Å²) in [5.74, 6) is 0.428. The number of carbonyl (C=O) groups is 2. The molecule has 2 saturated heterocycles. The van der Waals surface area contributed by atoms with E-state index in [1.165, 1.54) is 0 Å². The van der Waals surface area contributed by atoms with Crippen LogP contribution in [-0.2, 0) is 22.6 Å². The quantitative estimate of drug-likeness (QED) is 0.823. The maximum Gasteiger partial charge on any atom is 0.226 e. The first kappa shape index (κ1) is 18.7. The van der Waals surface area contributed by atoms with Gasteiger partial charge in [-0.15, -0.1) is 0 Å². The lowest BCUT2D eigenvalue weighted by atomic mass is 9.72. The number of pyridine rings is 1. The second-order valence-electron chi connectivity index (χ2n) is 8.11. The van der Waals surface area contributed by atoms with Crippen LogP contribution in [-0.4, -0.2) is 46.2 Å². The number of amides is 2. The van der Waals surface area contributed by atoms with Gasteiger partial charge in [-0.25, -0.2) is 0 Å². The fourth-order valence-corrected chi connectivity index (χ4v) is 4.45. The second-order valence-corrected chi connectivity index (χ2v) is 8.11. The molecule has 0 aliphatic carbocycles. The summed E-state index contributed by atoms with van der Waals surface area (Å²) in [6, 6.07) is 15.8. The van der Waals surface area contributed by atoms with Crippen LogP contribution in [0.4, 0.5) is 0 Å². The van der Waals surface area contributed by atoms with Gasteiger partial charge in [0.15, 0.2) is 0 Å². The molecule has 0 bridgehead atoms. The predicted molar refractivity (Wildman–Crippen MR) is 107 cm³/mol. The number of hydrogen-bond donors (Lipinski definition) is 0. The normalized spacial score (nSPS) is 19.1. The zero-order chi connectivity index (χ0) is 19.4. The lowest BCUT2D eigenvalue weighted by Gasteiger charge is -2.47. The second kappa shape index (κ2) is 8.13. The Bertz CT molecular complexity index is 814. The summed E-state index contributed by atoms with van der Waals surface area (Å²) in [6.07, 6.45) is 5.73. The average molecular weight is 377 g/mol. The Morgan fingerprint density at radius 3 is 2.46 bits per heavy atom. The molecule has 2 amide bonds. The van der Waals surface area contributed by atoms with Gasteiger partial charge in [0.2, 0.25) is 11.8 Å². The summed E-state index contributed by atoms with van der Waals surface area (Å²) in [7, 11) is 0. The number of rotatable bonds is 4. The first-order valence-corrected chi connectivity index (χ1v) is 10.1. The molecular weight excluding hydrogens is 350 g/mol. The van der Waals surface area contributed by atoms with Crippen LogP contribution in [0.15, 0.2) is 54.7 Å². The molecule has 28 heavy (non-hydrogen) atoms. The third-order valence-electron chi connectivity index (χ3n) is 6.20. The van der Waals surface area contributed by atoms with E-state index >= 15 is 0 Å². The average Bonchev–Trinajstić information content (AvgIpc) is 2.73. The predicted octanol–water partition coefficient (Wildman–Crippen LogP) is 3.06. The van der Waals surface area contributed by atoms with Crippen molar-refractivity contribution >= 4 is 11.8 Å². The van der Waals surface area contributed by atoms with Gasteiger partial charge < -0.3 is 9.80 Å². The number of likely N-dealkylation sites (tertiary alicyclic amines) is 2. The van der Waals surface area contributed by atoms with E-state index in [4.69, 9.17) is 0 Å². The topological polar surface area (TPSA) is 53.5 Å². The molecule has 5 nitrogen and oxygen atoms in total. The highest BCUT2D eigenvalue weighted by molar-refractivity contribution is 5.79. The molecule has 1 aromatic carbocycles. The Morgan fingerprint density at radius 2 is 1.75 bits per heavy atom. The van der Waals surface area contributed by atoms with Crippen LogP contribution in [0.1, 0.15) is 36.9 Å². The molecule has 1 spiro atoms. The van der Waals surface area contributed by atoms with Crippen molar-refractivity contribution < 1.29 is 9.59 Å².